The fourth-order valence-corrected chi connectivity index (χ4v) is 1.93. The number of phenolic OH excluding ortho intramolecular Hbond substituents is 2. The van der Waals surface area contributed by atoms with Crippen LogP contribution in [0.1, 0.15) is 20.7 Å². The number of hydrogen-bond donors (Lipinski definition) is 4. The van der Waals surface area contributed by atoms with E-state index in [1.165, 1.54) is 30.3 Å². The number of phenols is 2. The summed E-state index contributed by atoms with van der Waals surface area (Å²) < 4.78 is 0. The van der Waals surface area contributed by atoms with Crippen molar-refractivity contribution in [1.29, 1.82) is 0 Å². The molecule has 0 heterocycles. The molecule has 0 aromatic heterocycles. The van der Waals surface area contributed by atoms with Crippen LogP contribution in [0.25, 0.3) is 0 Å². The molecule has 2 rings (SSSR count). The van der Waals surface area contributed by atoms with Crippen LogP contribution in [0.4, 0.5) is 5.69 Å². The number of halogens is 1. The number of hydrogen-bond acceptors (Lipinski definition) is 4. The summed E-state index contributed by atoms with van der Waals surface area (Å²) in [6.45, 7) is 0. The molecule has 7 heteroatoms. The summed E-state index contributed by atoms with van der Waals surface area (Å²) in [4.78, 5) is 22.8. The van der Waals surface area contributed by atoms with Crippen molar-refractivity contribution in [3.8, 4) is 11.5 Å². The van der Waals surface area contributed by atoms with Crippen molar-refractivity contribution in [2.24, 2.45) is 0 Å². The van der Waals surface area contributed by atoms with Gasteiger partial charge in [0.1, 0.15) is 11.5 Å². The number of amides is 1. The number of aromatic carboxylic acids is 1. The summed E-state index contributed by atoms with van der Waals surface area (Å²) >= 11 is 5.79. The zero-order valence-corrected chi connectivity index (χ0v) is 11.3. The van der Waals surface area contributed by atoms with Crippen molar-refractivity contribution in [2.75, 3.05) is 5.32 Å². The summed E-state index contributed by atoms with van der Waals surface area (Å²) in [5.41, 5.74) is 0.0565. The molecule has 6 nitrogen and oxygen atoms in total. The minimum Gasteiger partial charge on any atom is -0.508 e. The van der Waals surface area contributed by atoms with Crippen LogP contribution in [0, 0.1) is 0 Å². The average molecular weight is 308 g/mol. The van der Waals surface area contributed by atoms with Gasteiger partial charge in [-0.05, 0) is 36.4 Å². The van der Waals surface area contributed by atoms with Crippen LogP contribution in [0.5, 0.6) is 11.5 Å². The molecule has 0 aliphatic carbocycles. The first-order valence-corrected chi connectivity index (χ1v) is 6.12. The number of anilines is 1. The van der Waals surface area contributed by atoms with Gasteiger partial charge in [0.15, 0.2) is 0 Å². The fraction of sp³-hybridized carbons (Fsp3) is 0. The van der Waals surface area contributed by atoms with Crippen molar-refractivity contribution in [3.05, 3.63) is 52.5 Å². The van der Waals surface area contributed by atoms with E-state index >= 15 is 0 Å². The van der Waals surface area contributed by atoms with Gasteiger partial charge in [-0.2, -0.15) is 0 Å². The van der Waals surface area contributed by atoms with Crippen LogP contribution in [0.2, 0.25) is 5.02 Å². The van der Waals surface area contributed by atoms with E-state index in [9.17, 15) is 19.8 Å². The molecule has 0 spiro atoms. The first kappa shape index (κ1) is 14.7. The second kappa shape index (κ2) is 5.72. The standard InChI is InChI=1S/C14H10ClNO5/c15-11-5-7(1-3-9(11)14(20)21)16-13(19)10-6-8(17)2-4-12(10)18/h1-6,17-18H,(H,16,19)(H,20,21). The van der Waals surface area contributed by atoms with E-state index in [2.05, 4.69) is 5.32 Å². The third kappa shape index (κ3) is 3.24. The summed E-state index contributed by atoms with van der Waals surface area (Å²) in [7, 11) is 0. The molecular weight excluding hydrogens is 298 g/mol. The summed E-state index contributed by atoms with van der Waals surface area (Å²) in [5.74, 6) is -2.30. The highest BCUT2D eigenvalue weighted by Crippen LogP contribution is 2.25. The van der Waals surface area contributed by atoms with E-state index < -0.39 is 11.9 Å². The molecule has 0 fully saturated rings. The zero-order valence-electron chi connectivity index (χ0n) is 10.5. The normalized spacial score (nSPS) is 10.1. The van der Waals surface area contributed by atoms with Gasteiger partial charge in [0, 0.05) is 5.69 Å². The predicted octanol–water partition coefficient (Wildman–Crippen LogP) is 2.70. The molecule has 2 aromatic rings. The van der Waals surface area contributed by atoms with Gasteiger partial charge in [-0.25, -0.2) is 4.79 Å². The maximum Gasteiger partial charge on any atom is 0.337 e. The number of carbonyl (C=O) groups is 2. The second-order valence-electron chi connectivity index (χ2n) is 4.16. The Morgan fingerprint density at radius 2 is 1.71 bits per heavy atom. The zero-order chi connectivity index (χ0) is 15.6. The van der Waals surface area contributed by atoms with Gasteiger partial charge in [-0.15, -0.1) is 0 Å². The van der Waals surface area contributed by atoms with E-state index in [0.717, 1.165) is 6.07 Å². The topological polar surface area (TPSA) is 107 Å². The monoisotopic (exact) mass is 307 g/mol. The van der Waals surface area contributed by atoms with E-state index in [1.807, 2.05) is 0 Å². The Labute approximate surface area is 124 Å². The van der Waals surface area contributed by atoms with Gasteiger partial charge in [-0.3, -0.25) is 4.79 Å². The SMILES string of the molecule is O=C(Nc1ccc(C(=O)O)c(Cl)c1)c1cc(O)ccc1O. The van der Waals surface area contributed by atoms with Gasteiger partial charge in [0.2, 0.25) is 0 Å². The lowest BCUT2D eigenvalue weighted by Crippen LogP contribution is -2.12. The molecule has 108 valence electrons. The van der Waals surface area contributed by atoms with Gasteiger partial charge in [0.05, 0.1) is 16.1 Å². The molecule has 1 amide bonds. The van der Waals surface area contributed by atoms with Crippen LogP contribution in [-0.4, -0.2) is 27.2 Å². The highest BCUT2D eigenvalue weighted by molar-refractivity contribution is 6.33. The molecule has 0 aliphatic heterocycles. The Kier molecular flexibility index (Phi) is 4.00. The second-order valence-corrected chi connectivity index (χ2v) is 4.56. The Morgan fingerprint density at radius 1 is 1.00 bits per heavy atom. The highest BCUT2D eigenvalue weighted by Gasteiger charge is 2.14. The van der Waals surface area contributed by atoms with E-state index in [0.29, 0.717) is 0 Å². The highest BCUT2D eigenvalue weighted by atomic mass is 35.5. The average Bonchev–Trinajstić information content (AvgIpc) is 2.41. The van der Waals surface area contributed by atoms with E-state index in [4.69, 9.17) is 16.7 Å². The molecule has 0 saturated heterocycles. The summed E-state index contributed by atoms with van der Waals surface area (Å²) in [6.07, 6.45) is 0. The van der Waals surface area contributed by atoms with Crippen LogP contribution in [0.3, 0.4) is 0 Å². The quantitative estimate of drug-likeness (QED) is 0.652. The molecule has 0 aliphatic rings. The number of carboxylic acid groups (broad SMARTS) is 1. The predicted molar refractivity (Wildman–Crippen MR) is 76.1 cm³/mol. The first-order chi connectivity index (χ1) is 9.88. The Balaban J connectivity index is 2.26. The van der Waals surface area contributed by atoms with E-state index in [-0.39, 0.29) is 33.3 Å². The van der Waals surface area contributed by atoms with Crippen molar-refractivity contribution in [2.45, 2.75) is 0 Å². The third-order valence-electron chi connectivity index (χ3n) is 2.68. The molecule has 0 radical (unpaired) electrons. The van der Waals surface area contributed by atoms with Crippen molar-refractivity contribution in [3.63, 3.8) is 0 Å². The van der Waals surface area contributed by atoms with Gasteiger partial charge in [-0.1, -0.05) is 11.6 Å². The largest absolute Gasteiger partial charge is 0.508 e. The molecule has 4 N–H and O–H groups in total. The summed E-state index contributed by atoms with van der Waals surface area (Å²) in [6, 6.07) is 7.44. The van der Waals surface area contributed by atoms with Crippen molar-refractivity contribution >= 4 is 29.2 Å². The number of aromatic hydroxyl groups is 2. The lowest BCUT2D eigenvalue weighted by atomic mass is 10.1. The minimum absolute atomic E-state index is 0.0274. The summed E-state index contributed by atoms with van der Waals surface area (Å²) in [5, 5.41) is 30.2. The van der Waals surface area contributed by atoms with Crippen LogP contribution in [-0.2, 0) is 0 Å². The number of nitrogens with one attached hydrogen (secondary N) is 1. The van der Waals surface area contributed by atoms with Crippen molar-refractivity contribution in [1.82, 2.24) is 0 Å². The minimum atomic E-state index is -1.18. The molecule has 0 saturated carbocycles. The molecule has 2 aromatic carbocycles. The van der Waals surface area contributed by atoms with Gasteiger partial charge in [0.25, 0.3) is 5.91 Å². The molecular formula is C14H10ClNO5. The number of carboxylic acids is 1. The molecule has 21 heavy (non-hydrogen) atoms. The Hall–Kier alpha value is -2.73. The maximum absolute atomic E-state index is 12.0. The van der Waals surface area contributed by atoms with Crippen LogP contribution < -0.4 is 5.32 Å². The third-order valence-corrected chi connectivity index (χ3v) is 2.99. The van der Waals surface area contributed by atoms with Gasteiger partial charge < -0.3 is 20.6 Å². The van der Waals surface area contributed by atoms with Crippen LogP contribution in [0.15, 0.2) is 36.4 Å². The number of benzene rings is 2. The van der Waals surface area contributed by atoms with Crippen molar-refractivity contribution < 1.29 is 24.9 Å². The maximum atomic E-state index is 12.0. The Bertz CT molecular complexity index is 729. The lowest BCUT2D eigenvalue weighted by Gasteiger charge is -2.08. The number of rotatable bonds is 3. The fourth-order valence-electron chi connectivity index (χ4n) is 1.67. The lowest BCUT2D eigenvalue weighted by molar-refractivity contribution is 0.0697. The molecule has 0 bridgehead atoms. The molecule has 0 atom stereocenters. The van der Waals surface area contributed by atoms with Gasteiger partial charge >= 0.3 is 5.97 Å². The molecule has 0 unspecified atom stereocenters. The number of carbonyl (C=O) groups excluding carboxylic acids is 1. The smallest absolute Gasteiger partial charge is 0.337 e. The van der Waals surface area contributed by atoms with Crippen LogP contribution >= 0.6 is 11.6 Å². The Morgan fingerprint density at radius 3 is 2.33 bits per heavy atom. The first-order valence-electron chi connectivity index (χ1n) is 5.74. The van der Waals surface area contributed by atoms with E-state index in [1.54, 1.807) is 0 Å².